The van der Waals surface area contributed by atoms with E-state index in [1.165, 1.54) is 55.2 Å². The molecule has 3 aliphatic heterocycles. The molecule has 1 aliphatic carbocycles. The monoisotopic (exact) mass is 1070 g/mol. The fourth-order valence-corrected chi connectivity index (χ4v) is 13.0. The second kappa shape index (κ2) is 22.1. The predicted molar refractivity (Wildman–Crippen MR) is 292 cm³/mol. The number of hydrogen-bond donors (Lipinski definition) is 5. The summed E-state index contributed by atoms with van der Waals surface area (Å²) in [6, 6.07) is 21.1. The van der Waals surface area contributed by atoms with Gasteiger partial charge in [-0.1, -0.05) is 38.1 Å². The second-order valence-corrected chi connectivity index (χ2v) is 24.0. The fraction of sp³-hybridized carbons (Fsp3) is 0.474. The van der Waals surface area contributed by atoms with Crippen LogP contribution in [0.15, 0.2) is 90.2 Å². The molecule has 7 heterocycles. The number of nitrogens with zero attached hydrogens (tertiary/aromatic N) is 6. The number of anilines is 2. The van der Waals surface area contributed by atoms with E-state index in [0.717, 1.165) is 89.8 Å². The van der Waals surface area contributed by atoms with Crippen LogP contribution in [0.5, 0.6) is 23.3 Å². The number of aromatic nitrogens is 4. The van der Waals surface area contributed by atoms with Crippen molar-refractivity contribution in [2.45, 2.75) is 101 Å². The molecule has 4 fully saturated rings. The van der Waals surface area contributed by atoms with Crippen LogP contribution in [0.3, 0.4) is 0 Å². The van der Waals surface area contributed by atoms with E-state index in [9.17, 15) is 27.9 Å². The molecule has 3 unspecified atom stereocenters. The number of H-pyrrole nitrogens is 1. The maximum atomic E-state index is 14.9. The molecule has 77 heavy (non-hydrogen) atoms. The quantitative estimate of drug-likeness (QED) is 0.0560. The van der Waals surface area contributed by atoms with Crippen molar-refractivity contribution in [1.29, 1.82) is 0 Å². The molecule has 3 saturated heterocycles. The zero-order valence-corrected chi connectivity index (χ0v) is 45.6. The lowest BCUT2D eigenvalue weighted by Crippen LogP contribution is -2.98. The van der Waals surface area contributed by atoms with Gasteiger partial charge in [-0.15, -0.1) is 0 Å². The number of sulfonamides is 1. The van der Waals surface area contributed by atoms with E-state index in [-0.39, 0.29) is 61.7 Å². The van der Waals surface area contributed by atoms with Crippen molar-refractivity contribution in [2.75, 3.05) is 77.3 Å². The van der Waals surface area contributed by atoms with Crippen molar-refractivity contribution in [1.82, 2.24) is 34.5 Å². The number of halogens is 1. The highest BCUT2D eigenvalue weighted by molar-refractivity contribution is 7.90. The standard InChI is InChI=1S/C57H71FN10O8S/c1-36(2)41-9-7-8-10-42(41)45-33-66(32-38-15-21-59-51(25-38)74-5)22-16-47(45)68-34-57(35-68)19-23-67(24-20-57)39-11-12-43(49(26-39)76-50-28-44-46(58)31-62-52(44)63-55(50)75-6)54(69)64-77(72,73)40-27-48(65(4)71)53(61-30-40)60-29-37-13-17-56(3,70)18-14-37/h7-12,15,21,25-28,30-31,36-37,45,47,65,70H,13-14,16-20,22-24,29,32-35H2,1-6H3,(H,60,61)(H,62,63)(H,64,69)/t37-,45?,47?,56-. The van der Waals surface area contributed by atoms with E-state index in [1.807, 2.05) is 19.2 Å². The molecule has 20 heteroatoms. The molecular weight excluding hydrogens is 1000 g/mol. The molecule has 2 aromatic carbocycles. The van der Waals surface area contributed by atoms with Crippen LogP contribution in [-0.2, 0) is 16.6 Å². The molecule has 1 saturated carbocycles. The molecule has 4 aromatic heterocycles. The Morgan fingerprint density at radius 1 is 0.974 bits per heavy atom. The van der Waals surface area contributed by atoms with Crippen LogP contribution in [0.1, 0.15) is 105 Å². The summed E-state index contributed by atoms with van der Waals surface area (Å²) in [6.07, 6.45) is 9.95. The number of methoxy groups -OCH3 is 2. The van der Waals surface area contributed by atoms with Gasteiger partial charge in [-0.3, -0.25) is 14.6 Å². The van der Waals surface area contributed by atoms with Crippen LogP contribution < -0.4 is 34.2 Å². The number of rotatable bonds is 17. The van der Waals surface area contributed by atoms with Crippen LogP contribution in [0, 0.1) is 22.4 Å². The zero-order valence-electron chi connectivity index (χ0n) is 44.8. The van der Waals surface area contributed by atoms with E-state index >= 15 is 0 Å². The van der Waals surface area contributed by atoms with E-state index in [0.29, 0.717) is 43.1 Å². The largest absolute Gasteiger partial charge is 0.629 e. The minimum absolute atomic E-state index is 0.00541. The third-order valence-corrected chi connectivity index (χ3v) is 17.8. The number of aromatic amines is 1. The molecule has 5 N–H and O–H groups in total. The number of hydrogen-bond acceptors (Lipinski definition) is 15. The summed E-state index contributed by atoms with van der Waals surface area (Å²) in [6.45, 7) is 13.1. The van der Waals surface area contributed by atoms with Gasteiger partial charge in [-0.2, -0.15) is 4.98 Å². The number of aliphatic hydroxyl groups is 1. The minimum atomic E-state index is -4.59. The minimum Gasteiger partial charge on any atom is -0.629 e. The molecule has 3 atom stereocenters. The van der Waals surface area contributed by atoms with Crippen molar-refractivity contribution in [3.63, 3.8) is 0 Å². The number of nitrogens with one attached hydrogen (secondary N) is 4. The number of carbonyl (C=O) groups is 1. The first kappa shape index (κ1) is 54.0. The Labute approximate surface area is 450 Å². The number of amides is 1. The van der Waals surface area contributed by atoms with Crippen molar-refractivity contribution < 1.29 is 42.0 Å². The molecule has 0 bridgehead atoms. The number of quaternary nitrogens is 1. The lowest BCUT2D eigenvalue weighted by atomic mass is 9.69. The SMILES string of the molecule is COc1cc(CN2CCC(N3CC4(CCN(c5ccc(C(=O)NS(=O)(=O)c6cnc(NC[C@H]7CC[C@](C)(O)CC7)c([NH+](C)[O-])c6)c(Oc6cc7c(F)c[nH]c7nc6OC)c5)CC4)C3)C(c3ccccc3C(C)C)C2)ccn1. The van der Waals surface area contributed by atoms with Crippen LogP contribution in [0.4, 0.5) is 21.6 Å². The van der Waals surface area contributed by atoms with Gasteiger partial charge in [-0.05, 0) is 104 Å². The number of carbonyl (C=O) groups excluding carboxylic acids is 1. The third-order valence-electron chi connectivity index (χ3n) is 16.5. The second-order valence-electron chi connectivity index (χ2n) is 22.3. The van der Waals surface area contributed by atoms with Gasteiger partial charge in [0.15, 0.2) is 17.3 Å². The Morgan fingerprint density at radius 3 is 2.47 bits per heavy atom. The van der Waals surface area contributed by atoms with Crippen molar-refractivity contribution in [3.05, 3.63) is 119 Å². The lowest BCUT2D eigenvalue weighted by molar-refractivity contribution is -0.751. The van der Waals surface area contributed by atoms with E-state index in [4.69, 9.17) is 14.2 Å². The summed E-state index contributed by atoms with van der Waals surface area (Å²) >= 11 is 0. The smallest absolute Gasteiger partial charge is 0.268 e. The van der Waals surface area contributed by atoms with Gasteiger partial charge in [-0.25, -0.2) is 27.5 Å². The Balaban J connectivity index is 0.857. The Kier molecular flexibility index (Phi) is 15.5. The Morgan fingerprint density at radius 2 is 1.74 bits per heavy atom. The molecule has 4 aliphatic rings. The van der Waals surface area contributed by atoms with Gasteiger partial charge in [0, 0.05) is 107 Å². The molecule has 0 radical (unpaired) electrons. The fourth-order valence-electron chi connectivity index (χ4n) is 12.1. The van der Waals surface area contributed by atoms with Crippen molar-refractivity contribution in [2.24, 2.45) is 11.3 Å². The van der Waals surface area contributed by atoms with Crippen molar-refractivity contribution in [3.8, 4) is 23.3 Å². The van der Waals surface area contributed by atoms with Gasteiger partial charge < -0.3 is 44.8 Å². The number of piperidine rings is 2. The lowest BCUT2D eigenvalue weighted by Gasteiger charge is -2.59. The molecule has 410 valence electrons. The Hall–Kier alpha value is -6.42. The molecule has 10 rings (SSSR count). The third kappa shape index (κ3) is 11.7. The maximum Gasteiger partial charge on any atom is 0.268 e. The molecular formula is C57H71FN10O8S. The van der Waals surface area contributed by atoms with E-state index in [1.54, 1.807) is 19.2 Å². The normalized spacial score (nSPS) is 22.4. The first-order valence-corrected chi connectivity index (χ1v) is 28.3. The highest BCUT2D eigenvalue weighted by Crippen LogP contribution is 2.47. The summed E-state index contributed by atoms with van der Waals surface area (Å²) in [5.41, 5.74) is 4.39. The number of likely N-dealkylation sites (tertiary alicyclic amines) is 2. The van der Waals surface area contributed by atoms with Crippen LogP contribution in [0.2, 0.25) is 0 Å². The summed E-state index contributed by atoms with van der Waals surface area (Å²) in [5, 5.41) is 26.2. The summed E-state index contributed by atoms with van der Waals surface area (Å²) in [5.74, 6) is 0.280. The van der Waals surface area contributed by atoms with Gasteiger partial charge >= 0.3 is 0 Å². The van der Waals surface area contributed by atoms with Crippen LogP contribution in [-0.4, -0.2) is 128 Å². The molecule has 18 nitrogen and oxygen atoms in total. The first-order chi connectivity index (χ1) is 36.9. The number of pyridine rings is 3. The molecule has 1 amide bonds. The maximum absolute atomic E-state index is 14.9. The molecule has 6 aromatic rings. The van der Waals surface area contributed by atoms with Gasteiger partial charge in [0.1, 0.15) is 22.1 Å². The van der Waals surface area contributed by atoms with E-state index < -0.39 is 32.4 Å². The van der Waals surface area contributed by atoms with Crippen LogP contribution in [0.25, 0.3) is 11.0 Å². The number of ether oxygens (including phenoxy) is 3. The zero-order chi connectivity index (χ0) is 54.2. The average molecular weight is 1080 g/mol. The average Bonchev–Trinajstić information content (AvgIpc) is 3.82. The summed E-state index contributed by atoms with van der Waals surface area (Å²) in [7, 11) is -0.231. The summed E-state index contributed by atoms with van der Waals surface area (Å²) < 4.78 is 62.5. The number of benzene rings is 2. The van der Waals surface area contributed by atoms with Crippen molar-refractivity contribution >= 4 is 44.2 Å². The Bertz CT molecular complexity index is 3200. The highest BCUT2D eigenvalue weighted by Gasteiger charge is 2.49. The van der Waals surface area contributed by atoms with Gasteiger partial charge in [0.25, 0.3) is 21.8 Å². The first-order valence-electron chi connectivity index (χ1n) is 26.8. The van der Waals surface area contributed by atoms with Gasteiger partial charge in [0.2, 0.25) is 5.88 Å². The number of hydroxylamine groups is 1. The van der Waals surface area contributed by atoms with E-state index in [2.05, 4.69) is 88.9 Å². The molecule has 1 spiro atoms. The summed E-state index contributed by atoms with van der Waals surface area (Å²) in [4.78, 5) is 37.3. The number of fused-ring (bicyclic) bond motifs is 1. The predicted octanol–water partition coefficient (Wildman–Crippen LogP) is 7.50. The van der Waals surface area contributed by atoms with Crippen LogP contribution >= 0.6 is 0 Å². The van der Waals surface area contributed by atoms with Gasteiger partial charge in [0.05, 0.1) is 44.0 Å². The topological polar surface area (TPSA) is 215 Å². The highest BCUT2D eigenvalue weighted by atomic mass is 32.2.